The van der Waals surface area contributed by atoms with Crippen LogP contribution in [0.1, 0.15) is 24.2 Å². The zero-order chi connectivity index (χ0) is 13.9. The van der Waals surface area contributed by atoms with E-state index in [1.807, 2.05) is 0 Å². The molecular weight excluding hydrogens is 255 g/mol. The monoisotopic (exact) mass is 270 g/mol. The molecule has 0 saturated carbocycles. The molecule has 0 unspecified atom stereocenters. The fourth-order valence-corrected chi connectivity index (χ4v) is 1.69. The van der Waals surface area contributed by atoms with E-state index < -0.39 is 17.6 Å². The van der Waals surface area contributed by atoms with Gasteiger partial charge in [0.2, 0.25) is 5.91 Å². The van der Waals surface area contributed by atoms with Crippen LogP contribution in [0, 0.1) is 5.82 Å². The number of nitrogens with zero attached hydrogens (tertiary/aromatic N) is 1. The van der Waals surface area contributed by atoms with Crippen molar-refractivity contribution < 1.29 is 14.0 Å². The van der Waals surface area contributed by atoms with Gasteiger partial charge in [0, 0.05) is 10.9 Å². The Kier molecular flexibility index (Phi) is 4.72. The summed E-state index contributed by atoms with van der Waals surface area (Å²) >= 11 is 4.06. The lowest BCUT2D eigenvalue weighted by Gasteiger charge is -2.25. The van der Waals surface area contributed by atoms with Crippen LogP contribution in [0.5, 0.6) is 0 Å². The van der Waals surface area contributed by atoms with Crippen LogP contribution >= 0.6 is 12.6 Å². The van der Waals surface area contributed by atoms with Gasteiger partial charge in [-0.1, -0.05) is 0 Å². The molecule has 0 atom stereocenters. The first-order valence-electron chi connectivity index (χ1n) is 5.40. The molecule has 98 valence electrons. The van der Waals surface area contributed by atoms with Crippen molar-refractivity contribution in [3.8, 4) is 0 Å². The second-order valence-electron chi connectivity index (χ2n) is 4.16. The van der Waals surface area contributed by atoms with Crippen LogP contribution < -0.4 is 5.73 Å². The molecule has 0 aliphatic carbocycles. The second-order valence-corrected chi connectivity index (χ2v) is 4.67. The van der Waals surface area contributed by atoms with E-state index in [1.54, 1.807) is 13.8 Å². The molecule has 0 aliphatic heterocycles. The van der Waals surface area contributed by atoms with Gasteiger partial charge in [0.1, 0.15) is 5.82 Å². The Bertz CT molecular complexity index is 477. The molecule has 0 aliphatic rings. The molecule has 4 nitrogen and oxygen atoms in total. The van der Waals surface area contributed by atoms with Gasteiger partial charge in [0.15, 0.2) is 0 Å². The van der Waals surface area contributed by atoms with Crippen LogP contribution in [-0.2, 0) is 4.79 Å². The maximum atomic E-state index is 13.6. The van der Waals surface area contributed by atoms with Gasteiger partial charge in [0.25, 0.3) is 5.91 Å². The van der Waals surface area contributed by atoms with Gasteiger partial charge in [-0.15, -0.1) is 12.6 Å². The van der Waals surface area contributed by atoms with E-state index in [9.17, 15) is 14.0 Å². The van der Waals surface area contributed by atoms with Crippen molar-refractivity contribution in [1.29, 1.82) is 0 Å². The Balaban J connectivity index is 3.09. The smallest absolute Gasteiger partial charge is 0.257 e. The molecule has 18 heavy (non-hydrogen) atoms. The minimum absolute atomic E-state index is 0.113. The average molecular weight is 270 g/mol. The number of nitrogens with two attached hydrogens (primary N) is 1. The Morgan fingerprint density at radius 3 is 2.56 bits per heavy atom. The summed E-state index contributed by atoms with van der Waals surface area (Å²) in [5.74, 6) is -1.86. The lowest BCUT2D eigenvalue weighted by atomic mass is 10.1. The number of halogens is 1. The molecule has 0 aromatic heterocycles. The first kappa shape index (κ1) is 14.5. The summed E-state index contributed by atoms with van der Waals surface area (Å²) in [6, 6.07) is 3.69. The summed E-state index contributed by atoms with van der Waals surface area (Å²) < 4.78 is 13.6. The van der Waals surface area contributed by atoms with Gasteiger partial charge in [-0.2, -0.15) is 0 Å². The molecule has 2 amide bonds. The fourth-order valence-electron chi connectivity index (χ4n) is 1.49. The zero-order valence-electron chi connectivity index (χ0n) is 10.2. The molecule has 0 spiro atoms. The van der Waals surface area contributed by atoms with Crippen molar-refractivity contribution in [3.63, 3.8) is 0 Å². The van der Waals surface area contributed by atoms with Crippen molar-refractivity contribution in [3.05, 3.63) is 29.6 Å². The number of hydrogen-bond donors (Lipinski definition) is 2. The predicted octanol–water partition coefficient (Wildman–Crippen LogP) is 1.45. The number of benzene rings is 1. The Labute approximate surface area is 110 Å². The quantitative estimate of drug-likeness (QED) is 0.813. The van der Waals surface area contributed by atoms with Crippen LogP contribution in [0.4, 0.5) is 4.39 Å². The van der Waals surface area contributed by atoms with E-state index >= 15 is 0 Å². The first-order valence-corrected chi connectivity index (χ1v) is 5.85. The summed E-state index contributed by atoms with van der Waals surface area (Å²) in [6.45, 7) is 3.21. The summed E-state index contributed by atoms with van der Waals surface area (Å²) in [5.41, 5.74) is 4.96. The highest BCUT2D eigenvalue weighted by molar-refractivity contribution is 7.80. The Morgan fingerprint density at radius 2 is 2.06 bits per heavy atom. The third kappa shape index (κ3) is 3.46. The highest BCUT2D eigenvalue weighted by Gasteiger charge is 2.23. The van der Waals surface area contributed by atoms with Crippen molar-refractivity contribution in [2.24, 2.45) is 5.73 Å². The van der Waals surface area contributed by atoms with Crippen LogP contribution in [0.2, 0.25) is 0 Å². The minimum Gasteiger partial charge on any atom is -0.368 e. The third-order valence-electron chi connectivity index (χ3n) is 2.39. The van der Waals surface area contributed by atoms with Crippen molar-refractivity contribution in [2.45, 2.75) is 24.8 Å². The van der Waals surface area contributed by atoms with Crippen molar-refractivity contribution in [2.75, 3.05) is 6.54 Å². The molecular formula is C12H15FN2O2S. The van der Waals surface area contributed by atoms with Gasteiger partial charge in [-0.05, 0) is 32.0 Å². The van der Waals surface area contributed by atoms with E-state index in [0.29, 0.717) is 4.90 Å². The molecule has 0 fully saturated rings. The zero-order valence-corrected chi connectivity index (χ0v) is 11.1. The van der Waals surface area contributed by atoms with Crippen LogP contribution in [-0.4, -0.2) is 29.3 Å². The molecule has 1 aromatic carbocycles. The normalized spacial score (nSPS) is 10.5. The molecule has 6 heteroatoms. The molecule has 0 heterocycles. The summed E-state index contributed by atoms with van der Waals surface area (Å²) in [5, 5.41) is 0. The van der Waals surface area contributed by atoms with E-state index in [1.165, 1.54) is 23.1 Å². The predicted molar refractivity (Wildman–Crippen MR) is 69.0 cm³/mol. The number of primary amides is 1. The van der Waals surface area contributed by atoms with E-state index in [-0.39, 0.29) is 18.2 Å². The molecule has 1 aromatic rings. The maximum absolute atomic E-state index is 13.6. The van der Waals surface area contributed by atoms with Crippen molar-refractivity contribution >= 4 is 24.4 Å². The van der Waals surface area contributed by atoms with Gasteiger partial charge in [0.05, 0.1) is 12.1 Å². The standard InChI is InChI=1S/C12H15FN2O2S/c1-7(2)15(6-11(14)16)12(17)9-5-8(18)3-4-10(9)13/h3-5,7,18H,6H2,1-2H3,(H2,14,16). The highest BCUT2D eigenvalue weighted by atomic mass is 32.1. The largest absolute Gasteiger partial charge is 0.368 e. The number of carbonyl (C=O) groups is 2. The lowest BCUT2D eigenvalue weighted by Crippen LogP contribution is -2.43. The molecule has 2 N–H and O–H groups in total. The molecule has 1 rings (SSSR count). The van der Waals surface area contributed by atoms with E-state index in [4.69, 9.17) is 5.73 Å². The molecule has 0 radical (unpaired) electrons. The lowest BCUT2D eigenvalue weighted by molar-refractivity contribution is -0.119. The SMILES string of the molecule is CC(C)N(CC(N)=O)C(=O)c1cc(S)ccc1F. The summed E-state index contributed by atoms with van der Waals surface area (Å²) in [6.07, 6.45) is 0. The van der Waals surface area contributed by atoms with Gasteiger partial charge in [-0.25, -0.2) is 4.39 Å². The number of thiol groups is 1. The fraction of sp³-hybridized carbons (Fsp3) is 0.333. The summed E-state index contributed by atoms with van der Waals surface area (Å²) in [7, 11) is 0. The topological polar surface area (TPSA) is 63.4 Å². The van der Waals surface area contributed by atoms with Gasteiger partial charge < -0.3 is 10.6 Å². The second kappa shape index (κ2) is 5.86. The number of rotatable bonds is 4. The average Bonchev–Trinajstić information content (AvgIpc) is 2.27. The maximum Gasteiger partial charge on any atom is 0.257 e. The number of hydrogen-bond acceptors (Lipinski definition) is 3. The van der Waals surface area contributed by atoms with Crippen LogP contribution in [0.3, 0.4) is 0 Å². The van der Waals surface area contributed by atoms with Gasteiger partial charge in [-0.3, -0.25) is 9.59 Å². The molecule has 0 saturated heterocycles. The van der Waals surface area contributed by atoms with Gasteiger partial charge >= 0.3 is 0 Å². The first-order chi connectivity index (χ1) is 8.32. The Morgan fingerprint density at radius 1 is 1.44 bits per heavy atom. The number of carbonyl (C=O) groups excluding carboxylic acids is 2. The van der Waals surface area contributed by atoms with E-state index in [0.717, 1.165) is 0 Å². The van der Waals surface area contributed by atoms with Crippen molar-refractivity contribution in [1.82, 2.24) is 4.90 Å². The third-order valence-corrected chi connectivity index (χ3v) is 2.67. The van der Waals surface area contributed by atoms with Crippen LogP contribution in [0.15, 0.2) is 23.1 Å². The minimum atomic E-state index is -0.645. The number of amides is 2. The van der Waals surface area contributed by atoms with E-state index in [2.05, 4.69) is 12.6 Å². The molecule has 0 bridgehead atoms. The Hall–Kier alpha value is -1.56. The highest BCUT2D eigenvalue weighted by Crippen LogP contribution is 2.16. The van der Waals surface area contributed by atoms with Crippen LogP contribution in [0.25, 0.3) is 0 Å². The summed E-state index contributed by atoms with van der Waals surface area (Å²) in [4.78, 5) is 24.8.